The van der Waals surface area contributed by atoms with E-state index in [1.54, 1.807) is 12.1 Å². The second kappa shape index (κ2) is 7.01. The van der Waals surface area contributed by atoms with Crippen molar-refractivity contribution in [3.05, 3.63) is 24.3 Å². The molecule has 0 aliphatic carbocycles. The Hall–Kier alpha value is -1.76. The molecule has 134 valence electrons. The van der Waals surface area contributed by atoms with E-state index in [4.69, 9.17) is 0 Å². The van der Waals surface area contributed by atoms with Gasteiger partial charge in [0.15, 0.2) is 5.60 Å². The average Bonchev–Trinajstić information content (AvgIpc) is 2.47. The average molecular weight is 344 g/mol. The molecule has 1 aliphatic rings. The van der Waals surface area contributed by atoms with E-state index in [1.165, 1.54) is 0 Å². The zero-order valence-corrected chi connectivity index (χ0v) is 13.9. The molecule has 1 aromatic rings. The van der Waals surface area contributed by atoms with Gasteiger partial charge in [0, 0.05) is 24.5 Å². The minimum Gasteiger partial charge on any atom is -0.380 e. The summed E-state index contributed by atoms with van der Waals surface area (Å²) in [5.74, 6) is -0.155. The van der Waals surface area contributed by atoms with Gasteiger partial charge in [-0.15, -0.1) is 0 Å². The van der Waals surface area contributed by atoms with Crippen LogP contribution in [-0.4, -0.2) is 35.9 Å². The lowest BCUT2D eigenvalue weighted by atomic mass is 9.99. The molecule has 0 saturated carbocycles. The van der Waals surface area contributed by atoms with Crippen LogP contribution in [0.5, 0.6) is 0 Å². The van der Waals surface area contributed by atoms with Gasteiger partial charge >= 0.3 is 6.18 Å². The van der Waals surface area contributed by atoms with Crippen LogP contribution >= 0.6 is 0 Å². The Balaban J connectivity index is 1.93. The fourth-order valence-corrected chi connectivity index (χ4v) is 2.64. The van der Waals surface area contributed by atoms with E-state index < -0.39 is 24.1 Å². The van der Waals surface area contributed by atoms with E-state index in [1.807, 2.05) is 12.1 Å². The lowest BCUT2D eigenvalue weighted by Gasteiger charge is -2.32. The van der Waals surface area contributed by atoms with Crippen molar-refractivity contribution in [3.63, 3.8) is 0 Å². The topological polar surface area (TPSA) is 52.6 Å². The molecule has 4 nitrogen and oxygen atoms in total. The summed E-state index contributed by atoms with van der Waals surface area (Å²) in [6.07, 6.45) is -3.63. The largest absolute Gasteiger partial charge is 0.417 e. The number of hydrogen-bond donors (Lipinski definition) is 2. The number of benzene rings is 1. The number of hydrogen-bond acceptors (Lipinski definition) is 3. The third kappa shape index (κ3) is 4.63. The smallest absolute Gasteiger partial charge is 0.380 e. The van der Waals surface area contributed by atoms with Crippen LogP contribution in [-0.2, 0) is 4.79 Å². The van der Waals surface area contributed by atoms with Crippen molar-refractivity contribution < 1.29 is 23.1 Å². The van der Waals surface area contributed by atoms with E-state index in [-0.39, 0.29) is 0 Å². The first kappa shape index (κ1) is 18.6. The Bertz CT molecular complexity index is 562. The molecule has 7 heteroatoms. The fraction of sp³-hybridized carbons (Fsp3) is 0.588. The summed E-state index contributed by atoms with van der Waals surface area (Å²) in [6.45, 7) is 4.77. The molecule has 0 aromatic heterocycles. The predicted molar refractivity (Wildman–Crippen MR) is 87.0 cm³/mol. The molecular weight excluding hydrogens is 321 g/mol. The van der Waals surface area contributed by atoms with E-state index in [2.05, 4.69) is 17.1 Å². The summed E-state index contributed by atoms with van der Waals surface area (Å²) in [4.78, 5) is 14.0. The van der Waals surface area contributed by atoms with Gasteiger partial charge in [0.05, 0.1) is 6.42 Å². The molecule has 1 atom stereocenters. The van der Waals surface area contributed by atoms with Crippen LogP contribution in [0.1, 0.15) is 33.1 Å². The van der Waals surface area contributed by atoms with Crippen LogP contribution in [0.2, 0.25) is 0 Å². The molecular formula is C17H23F3N2O2. The summed E-state index contributed by atoms with van der Waals surface area (Å²) >= 11 is 0. The third-order valence-corrected chi connectivity index (χ3v) is 4.42. The summed E-state index contributed by atoms with van der Waals surface area (Å²) in [5.41, 5.74) is -1.60. The number of aliphatic hydroxyl groups is 1. The number of amides is 1. The maximum atomic E-state index is 12.6. The number of anilines is 2. The van der Waals surface area contributed by atoms with Gasteiger partial charge in [-0.05, 0) is 49.9 Å². The zero-order chi connectivity index (χ0) is 18.0. The standard InChI is InChI=1S/C17H23F3N2O2/c1-12-7-9-22(10-8-12)14-5-3-13(4-6-14)21-15(23)11-16(2,24)17(18,19)20/h3-6,12,24H,7-11H2,1-2H3,(H,21,23)/t16-/m1/s1. The molecule has 1 heterocycles. The van der Waals surface area contributed by atoms with Crippen molar-refractivity contribution >= 4 is 17.3 Å². The lowest BCUT2D eigenvalue weighted by molar-refractivity contribution is -0.252. The Labute approximate surface area is 139 Å². The first-order valence-corrected chi connectivity index (χ1v) is 8.02. The van der Waals surface area contributed by atoms with Crippen molar-refractivity contribution in [2.75, 3.05) is 23.3 Å². The number of nitrogens with zero attached hydrogens (tertiary/aromatic N) is 1. The minimum atomic E-state index is -4.85. The number of piperidine rings is 1. The van der Waals surface area contributed by atoms with Gasteiger partial charge in [-0.2, -0.15) is 13.2 Å². The van der Waals surface area contributed by atoms with Crippen molar-refractivity contribution in [2.24, 2.45) is 5.92 Å². The second-order valence-corrected chi connectivity index (χ2v) is 6.71. The van der Waals surface area contributed by atoms with Gasteiger partial charge in [0.1, 0.15) is 0 Å². The Morgan fingerprint density at radius 3 is 2.29 bits per heavy atom. The fourth-order valence-electron chi connectivity index (χ4n) is 2.64. The Morgan fingerprint density at radius 2 is 1.79 bits per heavy atom. The van der Waals surface area contributed by atoms with Crippen LogP contribution in [0.25, 0.3) is 0 Å². The highest BCUT2D eigenvalue weighted by Crippen LogP contribution is 2.33. The van der Waals surface area contributed by atoms with Crippen molar-refractivity contribution in [2.45, 2.75) is 44.9 Å². The highest BCUT2D eigenvalue weighted by Gasteiger charge is 2.50. The van der Waals surface area contributed by atoms with E-state index >= 15 is 0 Å². The van der Waals surface area contributed by atoms with Crippen molar-refractivity contribution in [1.29, 1.82) is 0 Å². The van der Waals surface area contributed by atoms with E-state index in [9.17, 15) is 23.1 Å². The molecule has 2 N–H and O–H groups in total. The van der Waals surface area contributed by atoms with Gasteiger partial charge < -0.3 is 15.3 Å². The van der Waals surface area contributed by atoms with Gasteiger partial charge in [-0.1, -0.05) is 6.92 Å². The van der Waals surface area contributed by atoms with Gasteiger partial charge in [-0.3, -0.25) is 4.79 Å². The number of carbonyl (C=O) groups excluding carboxylic acids is 1. The molecule has 0 spiro atoms. The number of halogens is 3. The van der Waals surface area contributed by atoms with Crippen LogP contribution in [0.3, 0.4) is 0 Å². The van der Waals surface area contributed by atoms with Crippen LogP contribution in [0.4, 0.5) is 24.5 Å². The molecule has 1 saturated heterocycles. The summed E-state index contributed by atoms with van der Waals surface area (Å²) < 4.78 is 37.8. The molecule has 1 aromatic carbocycles. The molecule has 0 radical (unpaired) electrons. The minimum absolute atomic E-state index is 0.409. The quantitative estimate of drug-likeness (QED) is 0.878. The molecule has 0 unspecified atom stereocenters. The molecule has 1 fully saturated rings. The SMILES string of the molecule is CC1CCN(c2ccc(NC(=O)C[C@@](C)(O)C(F)(F)F)cc2)CC1. The van der Waals surface area contributed by atoms with Gasteiger partial charge in [0.25, 0.3) is 0 Å². The monoisotopic (exact) mass is 344 g/mol. The molecule has 1 aliphatic heterocycles. The van der Waals surface area contributed by atoms with Gasteiger partial charge in [0.2, 0.25) is 5.91 Å². The summed E-state index contributed by atoms with van der Waals surface area (Å²) in [7, 11) is 0. The highest BCUT2D eigenvalue weighted by atomic mass is 19.4. The number of rotatable bonds is 4. The third-order valence-electron chi connectivity index (χ3n) is 4.42. The van der Waals surface area contributed by atoms with Crippen LogP contribution in [0, 0.1) is 5.92 Å². The molecule has 24 heavy (non-hydrogen) atoms. The maximum Gasteiger partial charge on any atom is 0.417 e. The Morgan fingerprint density at radius 1 is 1.25 bits per heavy atom. The number of carbonyl (C=O) groups is 1. The summed E-state index contributed by atoms with van der Waals surface area (Å²) in [5, 5.41) is 11.7. The number of alkyl halides is 3. The first-order chi connectivity index (χ1) is 11.1. The summed E-state index contributed by atoms with van der Waals surface area (Å²) in [6, 6.07) is 7.00. The molecule has 2 rings (SSSR count). The van der Waals surface area contributed by atoms with Crippen LogP contribution in [0.15, 0.2) is 24.3 Å². The second-order valence-electron chi connectivity index (χ2n) is 6.71. The van der Waals surface area contributed by atoms with Crippen LogP contribution < -0.4 is 10.2 Å². The van der Waals surface area contributed by atoms with Crippen molar-refractivity contribution in [1.82, 2.24) is 0 Å². The zero-order valence-electron chi connectivity index (χ0n) is 13.9. The first-order valence-electron chi connectivity index (χ1n) is 8.02. The lowest BCUT2D eigenvalue weighted by Crippen LogP contribution is -2.44. The van der Waals surface area contributed by atoms with Gasteiger partial charge in [-0.25, -0.2) is 0 Å². The molecule has 0 bridgehead atoms. The number of nitrogens with one attached hydrogen (secondary N) is 1. The van der Waals surface area contributed by atoms with E-state index in [0.717, 1.165) is 37.5 Å². The predicted octanol–water partition coefficient (Wildman–Crippen LogP) is 3.56. The highest BCUT2D eigenvalue weighted by molar-refractivity contribution is 5.91. The normalized spacial score (nSPS) is 19.0. The van der Waals surface area contributed by atoms with Crippen molar-refractivity contribution in [3.8, 4) is 0 Å². The Kier molecular flexibility index (Phi) is 5.42. The molecule has 1 amide bonds. The van der Waals surface area contributed by atoms with E-state index in [0.29, 0.717) is 12.6 Å². The maximum absolute atomic E-state index is 12.6.